The van der Waals surface area contributed by atoms with Gasteiger partial charge in [-0.1, -0.05) is 17.7 Å². The van der Waals surface area contributed by atoms with Crippen molar-refractivity contribution in [2.24, 2.45) is 0 Å². The molecule has 1 aromatic carbocycles. The van der Waals surface area contributed by atoms with Gasteiger partial charge in [-0.05, 0) is 26.0 Å². The Balaban J connectivity index is 1.99. The summed E-state index contributed by atoms with van der Waals surface area (Å²) >= 11 is 0. The van der Waals surface area contributed by atoms with Crippen molar-refractivity contribution in [2.45, 2.75) is 20.0 Å². The lowest BCUT2D eigenvalue weighted by Crippen LogP contribution is -2.35. The van der Waals surface area contributed by atoms with Gasteiger partial charge in [0.05, 0.1) is 17.9 Å². The number of rotatable bonds is 3. The molecule has 0 saturated carbocycles. The SMILES string of the molecule is CCOC(=O)C1=C2C(=O)N(c3ccc(C)cc3)C(=O)C2ON1. The van der Waals surface area contributed by atoms with Gasteiger partial charge < -0.3 is 4.74 Å². The molecule has 2 aliphatic heterocycles. The average Bonchev–Trinajstić information content (AvgIpc) is 3.03. The number of nitrogens with one attached hydrogen (secondary N) is 1. The van der Waals surface area contributed by atoms with Crippen LogP contribution in [0.5, 0.6) is 0 Å². The number of esters is 1. The molecule has 0 bridgehead atoms. The summed E-state index contributed by atoms with van der Waals surface area (Å²) in [6.07, 6.45) is -1.12. The normalized spacial score (nSPS) is 20.3. The zero-order valence-electron chi connectivity index (χ0n) is 12.1. The summed E-state index contributed by atoms with van der Waals surface area (Å²) in [5, 5.41) is 0. The molecule has 3 rings (SSSR count). The van der Waals surface area contributed by atoms with Crippen molar-refractivity contribution >= 4 is 23.5 Å². The number of ether oxygens (including phenoxy) is 1. The highest BCUT2D eigenvalue weighted by molar-refractivity contribution is 6.32. The number of aryl methyl sites for hydroxylation is 1. The van der Waals surface area contributed by atoms with Crippen LogP contribution in [-0.4, -0.2) is 30.5 Å². The smallest absolute Gasteiger partial charge is 0.357 e. The predicted molar refractivity (Wildman–Crippen MR) is 75.3 cm³/mol. The molecule has 7 heteroatoms. The van der Waals surface area contributed by atoms with Gasteiger partial charge in [0.2, 0.25) is 0 Å². The van der Waals surface area contributed by atoms with Crippen molar-refractivity contribution in [3.63, 3.8) is 0 Å². The fraction of sp³-hybridized carbons (Fsp3) is 0.267. The summed E-state index contributed by atoms with van der Waals surface area (Å²) in [7, 11) is 0. The number of hydroxylamine groups is 1. The fourth-order valence-electron chi connectivity index (χ4n) is 2.39. The molecule has 0 spiro atoms. The van der Waals surface area contributed by atoms with Gasteiger partial charge in [0, 0.05) is 0 Å². The van der Waals surface area contributed by atoms with Gasteiger partial charge in [0.1, 0.15) is 0 Å². The zero-order valence-corrected chi connectivity index (χ0v) is 12.1. The second-order valence-electron chi connectivity index (χ2n) is 4.92. The second kappa shape index (κ2) is 5.27. The Morgan fingerprint density at radius 3 is 2.64 bits per heavy atom. The predicted octanol–water partition coefficient (Wildman–Crippen LogP) is 0.589. The van der Waals surface area contributed by atoms with Crippen LogP contribution in [-0.2, 0) is 24.0 Å². The van der Waals surface area contributed by atoms with E-state index < -0.39 is 23.9 Å². The molecule has 2 aliphatic rings. The Hall–Kier alpha value is -2.67. The number of imide groups is 1. The van der Waals surface area contributed by atoms with Gasteiger partial charge in [0.25, 0.3) is 11.8 Å². The van der Waals surface area contributed by atoms with Crippen LogP contribution < -0.4 is 10.4 Å². The maximum atomic E-state index is 12.5. The first-order valence-electron chi connectivity index (χ1n) is 6.82. The van der Waals surface area contributed by atoms with E-state index in [0.29, 0.717) is 5.69 Å². The molecule has 1 fully saturated rings. The summed E-state index contributed by atoms with van der Waals surface area (Å²) in [6, 6.07) is 6.93. The zero-order chi connectivity index (χ0) is 15.9. The monoisotopic (exact) mass is 302 g/mol. The number of fused-ring (bicyclic) bond motifs is 1. The van der Waals surface area contributed by atoms with Crippen molar-refractivity contribution in [2.75, 3.05) is 11.5 Å². The van der Waals surface area contributed by atoms with E-state index in [-0.39, 0.29) is 17.9 Å². The van der Waals surface area contributed by atoms with Crippen LogP contribution >= 0.6 is 0 Å². The molecule has 2 heterocycles. The maximum Gasteiger partial charge on any atom is 0.357 e. The van der Waals surface area contributed by atoms with E-state index in [1.54, 1.807) is 31.2 Å². The van der Waals surface area contributed by atoms with Gasteiger partial charge in [-0.3, -0.25) is 19.9 Å². The molecule has 0 radical (unpaired) electrons. The lowest BCUT2D eigenvalue weighted by atomic mass is 10.1. The van der Waals surface area contributed by atoms with Gasteiger partial charge in [-0.25, -0.2) is 9.69 Å². The molecule has 1 N–H and O–H groups in total. The number of benzene rings is 1. The van der Waals surface area contributed by atoms with E-state index in [0.717, 1.165) is 10.5 Å². The van der Waals surface area contributed by atoms with E-state index in [2.05, 4.69) is 5.48 Å². The number of nitrogens with zero attached hydrogens (tertiary/aromatic N) is 1. The Morgan fingerprint density at radius 2 is 2.00 bits per heavy atom. The van der Waals surface area contributed by atoms with Crippen LogP contribution in [0.3, 0.4) is 0 Å². The van der Waals surface area contributed by atoms with Crippen molar-refractivity contribution in [1.29, 1.82) is 0 Å². The van der Waals surface area contributed by atoms with E-state index in [4.69, 9.17) is 9.57 Å². The number of hydrogen-bond donors (Lipinski definition) is 1. The highest BCUT2D eigenvalue weighted by atomic mass is 16.7. The lowest BCUT2D eigenvalue weighted by Gasteiger charge is -2.15. The first-order valence-corrected chi connectivity index (χ1v) is 6.82. The molecular formula is C15H14N2O5. The molecule has 0 aliphatic carbocycles. The third-order valence-electron chi connectivity index (χ3n) is 3.46. The van der Waals surface area contributed by atoms with Gasteiger partial charge in [-0.15, -0.1) is 0 Å². The van der Waals surface area contributed by atoms with Gasteiger partial charge in [-0.2, -0.15) is 0 Å². The fourth-order valence-corrected chi connectivity index (χ4v) is 2.39. The van der Waals surface area contributed by atoms with Crippen LogP contribution in [0, 0.1) is 6.92 Å². The van der Waals surface area contributed by atoms with Crippen LogP contribution in [0.4, 0.5) is 5.69 Å². The third kappa shape index (κ3) is 2.06. The summed E-state index contributed by atoms with van der Waals surface area (Å²) in [5.41, 5.74) is 3.65. The second-order valence-corrected chi connectivity index (χ2v) is 4.92. The molecule has 2 amide bonds. The number of carbonyl (C=O) groups excluding carboxylic acids is 3. The summed E-state index contributed by atoms with van der Waals surface area (Å²) in [4.78, 5) is 42.8. The highest BCUT2D eigenvalue weighted by Crippen LogP contribution is 2.32. The number of hydrogen-bond acceptors (Lipinski definition) is 6. The molecule has 1 atom stereocenters. The van der Waals surface area contributed by atoms with Crippen LogP contribution in [0.25, 0.3) is 0 Å². The lowest BCUT2D eigenvalue weighted by molar-refractivity contribution is -0.141. The largest absolute Gasteiger partial charge is 0.461 e. The van der Waals surface area contributed by atoms with Crippen LogP contribution in [0.1, 0.15) is 12.5 Å². The minimum atomic E-state index is -1.12. The first-order chi connectivity index (χ1) is 10.5. The molecule has 1 unspecified atom stereocenters. The molecular weight excluding hydrogens is 288 g/mol. The summed E-state index contributed by atoms with van der Waals surface area (Å²) < 4.78 is 4.85. The highest BCUT2D eigenvalue weighted by Gasteiger charge is 2.52. The molecule has 1 aromatic rings. The third-order valence-corrected chi connectivity index (χ3v) is 3.46. The number of amides is 2. The molecule has 114 valence electrons. The topological polar surface area (TPSA) is 84.9 Å². The summed E-state index contributed by atoms with van der Waals surface area (Å²) in [5.74, 6) is -1.82. The van der Waals surface area contributed by atoms with E-state index >= 15 is 0 Å². The van der Waals surface area contributed by atoms with Crippen LogP contribution in [0.15, 0.2) is 35.5 Å². The molecule has 0 aromatic heterocycles. The van der Waals surface area contributed by atoms with E-state index in [9.17, 15) is 14.4 Å². The van der Waals surface area contributed by atoms with E-state index in [1.165, 1.54) is 0 Å². The Morgan fingerprint density at radius 1 is 1.32 bits per heavy atom. The number of carbonyl (C=O) groups is 3. The molecule has 1 saturated heterocycles. The maximum absolute atomic E-state index is 12.5. The van der Waals surface area contributed by atoms with E-state index in [1.807, 2.05) is 6.92 Å². The Labute approximate surface area is 126 Å². The van der Waals surface area contributed by atoms with Crippen molar-refractivity contribution in [1.82, 2.24) is 5.48 Å². The minimum absolute atomic E-state index is 0.0102. The summed E-state index contributed by atoms with van der Waals surface area (Å²) in [6.45, 7) is 3.71. The van der Waals surface area contributed by atoms with Crippen molar-refractivity contribution in [3.05, 3.63) is 41.1 Å². The average molecular weight is 302 g/mol. The first kappa shape index (κ1) is 14.3. The minimum Gasteiger partial charge on any atom is -0.461 e. The van der Waals surface area contributed by atoms with Crippen molar-refractivity contribution in [3.8, 4) is 0 Å². The quantitative estimate of drug-likeness (QED) is 0.650. The van der Waals surface area contributed by atoms with Crippen molar-refractivity contribution < 1.29 is 24.0 Å². The Bertz CT molecular complexity index is 692. The molecule has 7 nitrogen and oxygen atoms in total. The number of anilines is 1. The standard InChI is InChI=1S/C15H14N2O5/c1-3-21-15(20)11-10-12(22-16-11)14(19)17(13(10)18)9-6-4-8(2)5-7-9/h4-7,12,16H,3H2,1-2H3. The Kier molecular flexibility index (Phi) is 3.42. The molecule has 22 heavy (non-hydrogen) atoms. The van der Waals surface area contributed by atoms with Gasteiger partial charge in [0.15, 0.2) is 11.8 Å². The van der Waals surface area contributed by atoms with Crippen LogP contribution in [0.2, 0.25) is 0 Å². The van der Waals surface area contributed by atoms with Gasteiger partial charge >= 0.3 is 5.97 Å².